The Bertz CT molecular complexity index is 938. The van der Waals surface area contributed by atoms with Gasteiger partial charge in [0.15, 0.2) is 0 Å². The third kappa shape index (κ3) is 6.73. The zero-order valence-corrected chi connectivity index (χ0v) is 18.6. The van der Waals surface area contributed by atoms with Crippen molar-refractivity contribution in [3.63, 3.8) is 0 Å². The van der Waals surface area contributed by atoms with Crippen molar-refractivity contribution in [2.45, 2.75) is 51.9 Å². The van der Waals surface area contributed by atoms with E-state index in [1.54, 1.807) is 45.0 Å². The molecule has 0 aliphatic carbocycles. The lowest BCUT2D eigenvalue weighted by Gasteiger charge is -2.23. The quantitative estimate of drug-likeness (QED) is 0.699. The second-order valence-electron chi connectivity index (χ2n) is 8.59. The van der Waals surface area contributed by atoms with E-state index in [0.29, 0.717) is 24.3 Å². The monoisotopic (exact) mass is 439 g/mol. The van der Waals surface area contributed by atoms with E-state index < -0.39 is 23.8 Å². The van der Waals surface area contributed by atoms with E-state index in [2.05, 4.69) is 10.6 Å². The fraction of sp³-hybridized carbons (Fsp3) is 0.375. The van der Waals surface area contributed by atoms with E-state index in [9.17, 15) is 14.4 Å². The first kappa shape index (κ1) is 23.1. The van der Waals surface area contributed by atoms with Gasteiger partial charge in [-0.1, -0.05) is 30.3 Å². The van der Waals surface area contributed by atoms with E-state index in [1.807, 2.05) is 30.3 Å². The van der Waals surface area contributed by atoms with Crippen LogP contribution in [0.4, 0.5) is 21.0 Å². The van der Waals surface area contributed by atoms with Crippen LogP contribution in [0.15, 0.2) is 54.6 Å². The van der Waals surface area contributed by atoms with Crippen molar-refractivity contribution in [2.24, 2.45) is 0 Å². The second kappa shape index (κ2) is 10.2. The lowest BCUT2D eigenvalue weighted by Crippen LogP contribution is -2.43. The molecule has 1 aliphatic heterocycles. The Hall–Kier alpha value is -3.55. The van der Waals surface area contributed by atoms with Crippen LogP contribution in [-0.4, -0.2) is 41.2 Å². The smallest absolute Gasteiger partial charge is 0.412 e. The van der Waals surface area contributed by atoms with Gasteiger partial charge in [-0.2, -0.15) is 0 Å². The lowest BCUT2D eigenvalue weighted by molar-refractivity contribution is -0.120. The van der Waals surface area contributed by atoms with Crippen LogP contribution in [0.2, 0.25) is 0 Å². The maximum atomic E-state index is 12.8. The van der Waals surface area contributed by atoms with Crippen molar-refractivity contribution in [1.29, 1.82) is 0 Å². The Labute approximate surface area is 187 Å². The zero-order chi connectivity index (χ0) is 23.1. The molecule has 1 aliphatic rings. The van der Waals surface area contributed by atoms with Gasteiger partial charge in [-0.25, -0.2) is 9.59 Å². The molecule has 1 saturated heterocycles. The summed E-state index contributed by atoms with van der Waals surface area (Å²) in [5.41, 5.74) is 1.41. The summed E-state index contributed by atoms with van der Waals surface area (Å²) in [5, 5.41) is 5.47. The average molecular weight is 440 g/mol. The van der Waals surface area contributed by atoms with Crippen molar-refractivity contribution in [3.8, 4) is 0 Å². The maximum Gasteiger partial charge on any atom is 0.412 e. The fourth-order valence-corrected chi connectivity index (χ4v) is 3.34. The van der Waals surface area contributed by atoms with E-state index in [-0.39, 0.29) is 12.5 Å². The molecule has 1 heterocycles. The van der Waals surface area contributed by atoms with Crippen molar-refractivity contribution >= 4 is 29.5 Å². The summed E-state index contributed by atoms with van der Waals surface area (Å²) >= 11 is 0. The number of hydrogen-bond acceptors (Lipinski definition) is 5. The number of nitrogens with one attached hydrogen (secondary N) is 2. The molecule has 3 amide bonds. The molecule has 170 valence electrons. The number of rotatable bonds is 5. The predicted octanol–water partition coefficient (Wildman–Crippen LogP) is 4.77. The van der Waals surface area contributed by atoms with Gasteiger partial charge in [-0.3, -0.25) is 15.0 Å². The van der Waals surface area contributed by atoms with Gasteiger partial charge in [-0.05, 0) is 63.4 Å². The SMILES string of the molecule is CC(C)(C)OC(=O)Nc1ccc(NC(=O)[C@@H]2CCCN2C(=O)OCc2ccccc2)cc1. The maximum absolute atomic E-state index is 12.8. The fourth-order valence-electron chi connectivity index (χ4n) is 3.34. The molecule has 0 aromatic heterocycles. The lowest BCUT2D eigenvalue weighted by atomic mass is 10.2. The van der Waals surface area contributed by atoms with E-state index in [4.69, 9.17) is 9.47 Å². The predicted molar refractivity (Wildman–Crippen MR) is 121 cm³/mol. The third-order valence-corrected chi connectivity index (χ3v) is 4.79. The highest BCUT2D eigenvalue weighted by molar-refractivity contribution is 5.97. The number of ether oxygens (including phenoxy) is 2. The van der Waals surface area contributed by atoms with Crippen LogP contribution < -0.4 is 10.6 Å². The highest BCUT2D eigenvalue weighted by Gasteiger charge is 2.35. The molecule has 8 heteroatoms. The molecule has 2 aromatic rings. The number of nitrogens with zero attached hydrogens (tertiary/aromatic N) is 1. The number of carbonyl (C=O) groups is 3. The minimum absolute atomic E-state index is 0.163. The summed E-state index contributed by atoms with van der Waals surface area (Å²) in [5.74, 6) is -0.271. The van der Waals surface area contributed by atoms with E-state index in [1.165, 1.54) is 4.90 Å². The van der Waals surface area contributed by atoms with Crippen LogP contribution in [0.5, 0.6) is 0 Å². The average Bonchev–Trinajstić information content (AvgIpc) is 3.23. The van der Waals surface area contributed by atoms with Crippen molar-refractivity contribution < 1.29 is 23.9 Å². The van der Waals surface area contributed by atoms with Gasteiger partial charge >= 0.3 is 12.2 Å². The first-order valence-corrected chi connectivity index (χ1v) is 10.6. The van der Waals surface area contributed by atoms with Crippen LogP contribution in [0.25, 0.3) is 0 Å². The Balaban J connectivity index is 1.52. The van der Waals surface area contributed by atoms with Crippen molar-refractivity contribution in [1.82, 2.24) is 4.90 Å². The first-order chi connectivity index (χ1) is 15.2. The molecular weight excluding hydrogens is 410 g/mol. The van der Waals surface area contributed by atoms with Crippen LogP contribution >= 0.6 is 0 Å². The summed E-state index contributed by atoms with van der Waals surface area (Å²) in [6.45, 7) is 6.00. The van der Waals surface area contributed by atoms with Gasteiger partial charge in [0.1, 0.15) is 18.2 Å². The van der Waals surface area contributed by atoms with Crippen LogP contribution in [0.3, 0.4) is 0 Å². The summed E-state index contributed by atoms with van der Waals surface area (Å²) in [6, 6.07) is 15.5. The Kier molecular flexibility index (Phi) is 7.35. The van der Waals surface area contributed by atoms with Gasteiger partial charge in [-0.15, -0.1) is 0 Å². The van der Waals surface area contributed by atoms with E-state index in [0.717, 1.165) is 12.0 Å². The van der Waals surface area contributed by atoms with Gasteiger partial charge in [0.05, 0.1) is 0 Å². The number of hydrogen-bond donors (Lipinski definition) is 2. The summed E-state index contributed by atoms with van der Waals surface area (Å²) in [7, 11) is 0. The standard InChI is InChI=1S/C24H29N3O5/c1-24(2,3)32-22(29)26-19-13-11-18(12-14-19)25-21(28)20-10-7-15-27(20)23(30)31-16-17-8-5-4-6-9-17/h4-6,8-9,11-14,20H,7,10,15-16H2,1-3H3,(H,25,28)(H,26,29)/t20-/m0/s1. The first-order valence-electron chi connectivity index (χ1n) is 10.6. The molecule has 0 radical (unpaired) electrons. The highest BCUT2D eigenvalue weighted by Crippen LogP contribution is 2.22. The number of benzene rings is 2. The number of amides is 3. The molecule has 2 N–H and O–H groups in total. The van der Waals surface area contributed by atoms with Crippen molar-refractivity contribution in [3.05, 3.63) is 60.2 Å². The normalized spacial score (nSPS) is 15.7. The summed E-state index contributed by atoms with van der Waals surface area (Å²) in [6.07, 6.45) is 0.260. The molecule has 0 saturated carbocycles. The second-order valence-corrected chi connectivity index (χ2v) is 8.59. The number of carbonyl (C=O) groups excluding carboxylic acids is 3. The largest absolute Gasteiger partial charge is 0.445 e. The zero-order valence-electron chi connectivity index (χ0n) is 18.6. The molecule has 8 nitrogen and oxygen atoms in total. The summed E-state index contributed by atoms with van der Waals surface area (Å²) in [4.78, 5) is 38.6. The highest BCUT2D eigenvalue weighted by atomic mass is 16.6. The van der Waals surface area contributed by atoms with Gasteiger partial charge in [0, 0.05) is 17.9 Å². The molecule has 0 unspecified atom stereocenters. The minimum Gasteiger partial charge on any atom is -0.445 e. The molecule has 3 rings (SSSR count). The Morgan fingerprint density at radius 3 is 2.22 bits per heavy atom. The molecule has 0 spiro atoms. The molecule has 1 atom stereocenters. The van der Waals surface area contributed by atoms with Crippen LogP contribution in [-0.2, 0) is 20.9 Å². The van der Waals surface area contributed by atoms with Gasteiger partial charge in [0.25, 0.3) is 0 Å². The van der Waals surface area contributed by atoms with Crippen LogP contribution in [0, 0.1) is 0 Å². The number of likely N-dealkylation sites (tertiary alicyclic amines) is 1. The third-order valence-electron chi connectivity index (χ3n) is 4.79. The molecule has 2 aromatic carbocycles. The Morgan fingerprint density at radius 1 is 0.969 bits per heavy atom. The minimum atomic E-state index is -0.590. The molecule has 0 bridgehead atoms. The van der Waals surface area contributed by atoms with Crippen LogP contribution in [0.1, 0.15) is 39.2 Å². The van der Waals surface area contributed by atoms with Gasteiger partial charge < -0.3 is 14.8 Å². The molecule has 32 heavy (non-hydrogen) atoms. The van der Waals surface area contributed by atoms with E-state index >= 15 is 0 Å². The Morgan fingerprint density at radius 2 is 1.59 bits per heavy atom. The topological polar surface area (TPSA) is 97.0 Å². The molecular formula is C24H29N3O5. The molecule has 1 fully saturated rings. The van der Waals surface area contributed by atoms with Crippen molar-refractivity contribution in [2.75, 3.05) is 17.2 Å². The van der Waals surface area contributed by atoms with Gasteiger partial charge in [0.2, 0.25) is 5.91 Å². The number of anilines is 2. The summed E-state index contributed by atoms with van der Waals surface area (Å²) < 4.78 is 10.6.